The number of nitrogens with one attached hydrogen (secondary N) is 2. The molecule has 5 rings (SSSR count). The Morgan fingerprint density at radius 2 is 2.08 bits per heavy atom. The molecule has 10 heteroatoms. The maximum Gasteiger partial charge on any atom is 0.410 e. The molecule has 0 aliphatic carbocycles. The van der Waals surface area contributed by atoms with Gasteiger partial charge in [-0.05, 0) is 51.8 Å². The van der Waals surface area contributed by atoms with E-state index in [-0.39, 0.29) is 6.09 Å². The number of hydrogen-bond acceptors (Lipinski definition) is 8. The van der Waals surface area contributed by atoms with Crippen molar-refractivity contribution in [3.05, 3.63) is 58.6 Å². The van der Waals surface area contributed by atoms with Crippen molar-refractivity contribution in [3.63, 3.8) is 0 Å². The summed E-state index contributed by atoms with van der Waals surface area (Å²) in [6, 6.07) is 4.12. The van der Waals surface area contributed by atoms with Crippen LogP contribution in [-0.2, 0) is 4.74 Å². The van der Waals surface area contributed by atoms with Gasteiger partial charge in [0.2, 0.25) is 0 Å². The number of aliphatic hydroxyl groups excluding tert-OH is 1. The molecule has 1 atom stereocenters. The Balaban J connectivity index is 1.32. The number of pyridine rings is 1. The lowest BCUT2D eigenvalue weighted by molar-refractivity contribution is 0.0204. The van der Waals surface area contributed by atoms with Crippen LogP contribution in [0.15, 0.2) is 48.0 Å². The maximum absolute atomic E-state index is 12.4. The Hall–Kier alpha value is -3.37. The molecule has 2 aliphatic rings. The standard InChI is InChI=1S/C26H32N6O3S/c1-26(2,3)35-25(34)32-9-6-16(7-10-32)21-12-18-20(5-8-28-23(18)30-21)29-17-11-19(22-13-27-15-36-22)24(33)31(4)14-17/h5,8,11-16,24,33H,6-7,9-10H2,1-4H3,(H2,28,29,30). The number of rotatable bonds is 4. The van der Waals surface area contributed by atoms with Gasteiger partial charge in [0.05, 0.1) is 21.8 Å². The molecule has 2 aliphatic heterocycles. The van der Waals surface area contributed by atoms with E-state index in [2.05, 4.69) is 26.3 Å². The number of carbonyl (C=O) groups excluding carboxylic acids is 1. The first-order valence-corrected chi connectivity index (χ1v) is 13.0. The highest BCUT2D eigenvalue weighted by Crippen LogP contribution is 2.34. The number of likely N-dealkylation sites (tertiary alicyclic amines) is 1. The number of likely N-dealkylation sites (N-methyl/N-ethyl adjacent to an activating group) is 1. The van der Waals surface area contributed by atoms with E-state index in [4.69, 9.17) is 4.74 Å². The number of nitrogens with zero attached hydrogens (tertiary/aromatic N) is 4. The smallest absolute Gasteiger partial charge is 0.410 e. The van der Waals surface area contributed by atoms with Gasteiger partial charge >= 0.3 is 6.09 Å². The van der Waals surface area contributed by atoms with Crippen molar-refractivity contribution in [2.24, 2.45) is 0 Å². The van der Waals surface area contributed by atoms with Gasteiger partial charge in [-0.3, -0.25) is 4.98 Å². The Labute approximate surface area is 214 Å². The minimum atomic E-state index is -0.723. The number of thiazole rings is 1. The number of ether oxygens (including phenoxy) is 1. The van der Waals surface area contributed by atoms with Crippen LogP contribution in [0.25, 0.3) is 16.6 Å². The fourth-order valence-electron chi connectivity index (χ4n) is 4.64. The number of H-pyrrole nitrogens is 1. The van der Waals surface area contributed by atoms with Crippen LogP contribution < -0.4 is 5.32 Å². The average molecular weight is 509 g/mol. The van der Waals surface area contributed by atoms with Gasteiger partial charge in [0.15, 0.2) is 6.23 Å². The van der Waals surface area contributed by atoms with E-state index in [1.807, 2.05) is 46.2 Å². The van der Waals surface area contributed by atoms with Gasteiger partial charge in [0.1, 0.15) is 11.2 Å². The van der Waals surface area contributed by atoms with E-state index in [1.165, 1.54) is 11.3 Å². The van der Waals surface area contributed by atoms with Crippen molar-refractivity contribution in [1.29, 1.82) is 0 Å². The van der Waals surface area contributed by atoms with Crippen LogP contribution in [0.4, 0.5) is 10.5 Å². The number of anilines is 1. The number of piperidine rings is 1. The van der Waals surface area contributed by atoms with Gasteiger partial charge in [-0.15, -0.1) is 11.3 Å². The zero-order valence-corrected chi connectivity index (χ0v) is 21.8. The summed E-state index contributed by atoms with van der Waals surface area (Å²) >= 11 is 1.50. The van der Waals surface area contributed by atoms with Crippen molar-refractivity contribution in [1.82, 2.24) is 24.8 Å². The molecule has 0 spiro atoms. The second-order valence-corrected chi connectivity index (χ2v) is 11.2. The number of amides is 1. The maximum atomic E-state index is 12.4. The van der Waals surface area contributed by atoms with E-state index in [0.717, 1.165) is 51.4 Å². The second kappa shape index (κ2) is 9.59. The number of carbonyl (C=O) groups is 1. The minimum Gasteiger partial charge on any atom is -0.444 e. The van der Waals surface area contributed by atoms with Gasteiger partial charge in [-0.25, -0.2) is 9.78 Å². The monoisotopic (exact) mass is 508 g/mol. The summed E-state index contributed by atoms with van der Waals surface area (Å²) in [6.07, 6.45) is 8.17. The van der Waals surface area contributed by atoms with E-state index >= 15 is 0 Å². The topological polar surface area (TPSA) is 107 Å². The molecule has 9 nitrogen and oxygen atoms in total. The van der Waals surface area contributed by atoms with Crippen LogP contribution in [0.1, 0.15) is 50.1 Å². The first-order valence-electron chi connectivity index (χ1n) is 12.1. The first-order chi connectivity index (χ1) is 17.2. The van der Waals surface area contributed by atoms with Gasteiger partial charge in [0.25, 0.3) is 0 Å². The normalized spacial score (nSPS) is 19.3. The Bertz CT molecular complexity index is 1300. The number of allylic oxidation sites excluding steroid dienone is 1. The fraction of sp³-hybridized carbons (Fsp3) is 0.423. The lowest BCUT2D eigenvalue weighted by atomic mass is 9.93. The summed E-state index contributed by atoms with van der Waals surface area (Å²) in [5.74, 6) is 0.318. The predicted molar refractivity (Wildman–Crippen MR) is 141 cm³/mol. The summed E-state index contributed by atoms with van der Waals surface area (Å²) in [5, 5.41) is 15.2. The summed E-state index contributed by atoms with van der Waals surface area (Å²) in [5.41, 5.74) is 5.83. The predicted octanol–water partition coefficient (Wildman–Crippen LogP) is 4.73. The fourth-order valence-corrected chi connectivity index (χ4v) is 5.30. The third-order valence-corrected chi connectivity index (χ3v) is 7.27. The SMILES string of the molecule is CN1C=C(Nc2ccnc3[nH]c(C4CCN(C(=O)OC(C)(C)C)CC4)cc23)C=C(c2cncs2)C1O. The number of fused-ring (bicyclic) bond motifs is 1. The molecule has 5 heterocycles. The van der Waals surface area contributed by atoms with E-state index in [9.17, 15) is 9.90 Å². The highest BCUT2D eigenvalue weighted by molar-refractivity contribution is 7.10. The third kappa shape index (κ3) is 5.10. The minimum absolute atomic E-state index is 0.243. The molecule has 36 heavy (non-hydrogen) atoms. The van der Waals surface area contributed by atoms with Crippen LogP contribution in [0.3, 0.4) is 0 Å². The summed E-state index contributed by atoms with van der Waals surface area (Å²) < 4.78 is 5.53. The molecule has 0 saturated carbocycles. The third-order valence-electron chi connectivity index (χ3n) is 6.45. The first kappa shape index (κ1) is 24.3. The Kier molecular flexibility index (Phi) is 6.48. The molecule has 3 aromatic rings. The Morgan fingerprint density at radius 3 is 2.78 bits per heavy atom. The molecule has 1 unspecified atom stereocenters. The molecule has 0 radical (unpaired) electrons. The van der Waals surface area contributed by atoms with Crippen molar-refractivity contribution < 1.29 is 14.6 Å². The molecule has 1 saturated heterocycles. The van der Waals surface area contributed by atoms with Crippen molar-refractivity contribution >= 4 is 39.7 Å². The van der Waals surface area contributed by atoms with Crippen LogP contribution in [-0.4, -0.2) is 67.9 Å². The molecule has 190 valence electrons. The number of hydrogen-bond donors (Lipinski definition) is 3. The molecule has 1 amide bonds. The summed E-state index contributed by atoms with van der Waals surface area (Å²) in [7, 11) is 1.85. The lowest BCUT2D eigenvalue weighted by Gasteiger charge is -2.33. The average Bonchev–Trinajstić information content (AvgIpc) is 3.51. The Morgan fingerprint density at radius 1 is 1.31 bits per heavy atom. The van der Waals surface area contributed by atoms with Gasteiger partial charge in [-0.1, -0.05) is 0 Å². The summed E-state index contributed by atoms with van der Waals surface area (Å²) in [4.78, 5) is 29.1. The molecule has 3 N–H and O–H groups in total. The molecule has 0 aromatic carbocycles. The van der Waals surface area contributed by atoms with E-state index in [1.54, 1.807) is 27.7 Å². The van der Waals surface area contributed by atoms with Gasteiger partial charge in [0, 0.05) is 61.3 Å². The molecule has 3 aromatic heterocycles. The largest absolute Gasteiger partial charge is 0.444 e. The van der Waals surface area contributed by atoms with E-state index < -0.39 is 11.8 Å². The quantitative estimate of drug-likeness (QED) is 0.468. The molecular weight excluding hydrogens is 476 g/mol. The van der Waals surface area contributed by atoms with Crippen molar-refractivity contribution in [2.75, 3.05) is 25.5 Å². The number of aromatic nitrogens is 3. The van der Waals surface area contributed by atoms with Crippen molar-refractivity contribution in [3.8, 4) is 0 Å². The molecular formula is C26H32N6O3S. The molecule has 1 fully saturated rings. The van der Waals surface area contributed by atoms with Crippen LogP contribution in [0.5, 0.6) is 0 Å². The van der Waals surface area contributed by atoms with Gasteiger partial charge in [-0.2, -0.15) is 0 Å². The number of aromatic amines is 1. The lowest BCUT2D eigenvalue weighted by Crippen LogP contribution is -2.41. The second-order valence-electron chi connectivity index (χ2n) is 10.3. The zero-order valence-electron chi connectivity index (χ0n) is 21.0. The molecule has 0 bridgehead atoms. The summed E-state index contributed by atoms with van der Waals surface area (Å²) in [6.45, 7) is 7.00. The number of aliphatic hydroxyl groups is 1. The zero-order chi connectivity index (χ0) is 25.4. The van der Waals surface area contributed by atoms with E-state index in [0.29, 0.717) is 19.0 Å². The van der Waals surface area contributed by atoms with Crippen molar-refractivity contribution in [2.45, 2.75) is 51.4 Å². The van der Waals surface area contributed by atoms with Crippen LogP contribution in [0, 0.1) is 0 Å². The van der Waals surface area contributed by atoms with Crippen LogP contribution >= 0.6 is 11.3 Å². The highest BCUT2D eigenvalue weighted by Gasteiger charge is 2.28. The highest BCUT2D eigenvalue weighted by atomic mass is 32.1. The van der Waals surface area contributed by atoms with Crippen LogP contribution in [0.2, 0.25) is 0 Å². The van der Waals surface area contributed by atoms with Gasteiger partial charge < -0.3 is 29.9 Å².